The summed E-state index contributed by atoms with van der Waals surface area (Å²) < 4.78 is 0. The lowest BCUT2D eigenvalue weighted by Gasteiger charge is -2.33. The predicted octanol–water partition coefficient (Wildman–Crippen LogP) is -0.983. The Bertz CT molecular complexity index is 342. The molecule has 2 aliphatic rings. The van der Waals surface area contributed by atoms with Gasteiger partial charge in [0.1, 0.15) is 0 Å². The van der Waals surface area contributed by atoms with Crippen LogP contribution in [0.3, 0.4) is 0 Å². The zero-order valence-corrected chi connectivity index (χ0v) is 11.8. The van der Waals surface area contributed by atoms with Gasteiger partial charge in [-0.25, -0.2) is 0 Å². The van der Waals surface area contributed by atoms with Crippen molar-refractivity contribution in [1.82, 2.24) is 20.4 Å². The van der Waals surface area contributed by atoms with Crippen LogP contribution in [0.15, 0.2) is 0 Å². The molecule has 6 heteroatoms. The summed E-state index contributed by atoms with van der Waals surface area (Å²) in [5.41, 5.74) is 0. The minimum absolute atomic E-state index is 0.00735. The zero-order valence-electron chi connectivity index (χ0n) is 11.8. The highest BCUT2D eigenvalue weighted by molar-refractivity contribution is 5.81. The molecule has 2 saturated heterocycles. The number of hydrogen-bond donors (Lipinski definition) is 2. The molecule has 108 valence electrons. The molecule has 2 atom stereocenters. The summed E-state index contributed by atoms with van der Waals surface area (Å²) in [5.74, 6) is 0.220. The fraction of sp³-hybridized carbons (Fsp3) is 0.846. The van der Waals surface area contributed by atoms with Crippen LogP contribution in [0.4, 0.5) is 0 Å². The van der Waals surface area contributed by atoms with E-state index in [0.717, 1.165) is 45.7 Å². The molecule has 2 heterocycles. The van der Waals surface area contributed by atoms with Crippen LogP contribution in [0.5, 0.6) is 0 Å². The van der Waals surface area contributed by atoms with Gasteiger partial charge in [0.25, 0.3) is 0 Å². The highest BCUT2D eigenvalue weighted by Gasteiger charge is 2.32. The zero-order chi connectivity index (χ0) is 13.8. The molecule has 0 radical (unpaired) electrons. The van der Waals surface area contributed by atoms with Crippen molar-refractivity contribution in [3.63, 3.8) is 0 Å². The minimum Gasteiger partial charge on any atom is -0.352 e. The van der Waals surface area contributed by atoms with Crippen LogP contribution in [0.2, 0.25) is 0 Å². The number of nitrogens with zero attached hydrogens (tertiary/aromatic N) is 2. The first-order chi connectivity index (χ1) is 9.08. The van der Waals surface area contributed by atoms with Crippen LogP contribution in [-0.2, 0) is 9.59 Å². The van der Waals surface area contributed by atoms with Gasteiger partial charge < -0.3 is 15.5 Å². The number of likely N-dealkylation sites (tertiary alicyclic amines) is 1. The van der Waals surface area contributed by atoms with Gasteiger partial charge >= 0.3 is 0 Å². The molecular formula is C13H24N4O2. The number of rotatable bonds is 3. The molecule has 0 aromatic heterocycles. The summed E-state index contributed by atoms with van der Waals surface area (Å²) >= 11 is 0. The third-order valence-electron chi connectivity index (χ3n) is 3.96. The standard InChI is InChI=1S/C13H24N4O2/c1-10(13(19)16-7-4-14-5-8-16)17-6-3-12(9-17)15-11(2)18/h10,12,14H,3-9H2,1-2H3,(H,15,18). The van der Waals surface area contributed by atoms with Gasteiger partial charge in [-0.1, -0.05) is 0 Å². The average Bonchev–Trinajstić information content (AvgIpc) is 2.85. The van der Waals surface area contributed by atoms with E-state index in [2.05, 4.69) is 15.5 Å². The van der Waals surface area contributed by atoms with Gasteiger partial charge in [0.15, 0.2) is 0 Å². The van der Waals surface area contributed by atoms with Crippen molar-refractivity contribution in [2.45, 2.75) is 32.4 Å². The van der Waals surface area contributed by atoms with Crippen molar-refractivity contribution in [3.05, 3.63) is 0 Å². The second-order valence-electron chi connectivity index (χ2n) is 5.43. The van der Waals surface area contributed by atoms with E-state index in [4.69, 9.17) is 0 Å². The van der Waals surface area contributed by atoms with Gasteiger partial charge in [0, 0.05) is 52.2 Å². The molecule has 0 aliphatic carbocycles. The summed E-state index contributed by atoms with van der Waals surface area (Å²) in [5, 5.41) is 6.18. The van der Waals surface area contributed by atoms with Gasteiger partial charge in [-0.3, -0.25) is 14.5 Å². The van der Waals surface area contributed by atoms with Gasteiger partial charge in [0.05, 0.1) is 6.04 Å². The monoisotopic (exact) mass is 268 g/mol. The van der Waals surface area contributed by atoms with Crippen molar-refractivity contribution in [2.24, 2.45) is 0 Å². The van der Waals surface area contributed by atoms with E-state index in [1.807, 2.05) is 11.8 Å². The third kappa shape index (κ3) is 3.67. The summed E-state index contributed by atoms with van der Waals surface area (Å²) in [6.07, 6.45) is 0.929. The first-order valence-corrected chi connectivity index (χ1v) is 7.08. The molecule has 0 spiro atoms. The Morgan fingerprint density at radius 3 is 2.58 bits per heavy atom. The molecule has 2 aliphatic heterocycles. The van der Waals surface area contributed by atoms with Crippen LogP contribution in [-0.4, -0.2) is 73.0 Å². The quantitative estimate of drug-likeness (QED) is 0.690. The summed E-state index contributed by atoms with van der Waals surface area (Å²) in [4.78, 5) is 27.5. The molecule has 0 aromatic rings. The van der Waals surface area contributed by atoms with Crippen molar-refractivity contribution in [2.75, 3.05) is 39.3 Å². The Balaban J connectivity index is 1.84. The normalized spacial score (nSPS) is 26.2. The first-order valence-electron chi connectivity index (χ1n) is 7.08. The first kappa shape index (κ1) is 14.3. The fourth-order valence-electron chi connectivity index (χ4n) is 2.85. The number of nitrogens with one attached hydrogen (secondary N) is 2. The second kappa shape index (κ2) is 6.34. The van der Waals surface area contributed by atoms with E-state index < -0.39 is 0 Å². The van der Waals surface area contributed by atoms with Crippen LogP contribution in [0.1, 0.15) is 20.3 Å². The molecule has 6 nitrogen and oxygen atoms in total. The van der Waals surface area contributed by atoms with E-state index in [9.17, 15) is 9.59 Å². The Morgan fingerprint density at radius 1 is 1.26 bits per heavy atom. The van der Waals surface area contributed by atoms with E-state index in [0.29, 0.717) is 0 Å². The minimum atomic E-state index is -0.0862. The van der Waals surface area contributed by atoms with Crippen LogP contribution in [0.25, 0.3) is 0 Å². The predicted molar refractivity (Wildman–Crippen MR) is 72.7 cm³/mol. The van der Waals surface area contributed by atoms with E-state index in [1.54, 1.807) is 0 Å². The molecule has 2 N–H and O–H groups in total. The lowest BCUT2D eigenvalue weighted by molar-refractivity contribution is -0.136. The average molecular weight is 268 g/mol. The third-order valence-corrected chi connectivity index (χ3v) is 3.96. The lowest BCUT2D eigenvalue weighted by Crippen LogP contribution is -2.53. The Hall–Kier alpha value is -1.14. The number of carbonyl (C=O) groups excluding carboxylic acids is 2. The van der Waals surface area contributed by atoms with Gasteiger partial charge in [-0.2, -0.15) is 0 Å². The summed E-state index contributed by atoms with van der Waals surface area (Å²) in [7, 11) is 0. The smallest absolute Gasteiger partial charge is 0.239 e. The highest BCUT2D eigenvalue weighted by atomic mass is 16.2. The van der Waals surface area contributed by atoms with Crippen molar-refractivity contribution >= 4 is 11.8 Å². The molecule has 2 amide bonds. The molecule has 0 aromatic carbocycles. The van der Waals surface area contributed by atoms with Crippen LogP contribution < -0.4 is 10.6 Å². The Labute approximate surface area is 114 Å². The maximum Gasteiger partial charge on any atom is 0.239 e. The van der Waals surface area contributed by atoms with Gasteiger partial charge in [-0.05, 0) is 13.3 Å². The Kier molecular flexibility index (Phi) is 4.76. The molecule has 0 saturated carbocycles. The van der Waals surface area contributed by atoms with Crippen molar-refractivity contribution in [1.29, 1.82) is 0 Å². The van der Waals surface area contributed by atoms with Gasteiger partial charge in [0.2, 0.25) is 11.8 Å². The number of amides is 2. The SMILES string of the molecule is CC(=O)NC1CCN(C(C)C(=O)N2CCNCC2)C1. The van der Waals surface area contributed by atoms with Crippen LogP contribution >= 0.6 is 0 Å². The molecule has 19 heavy (non-hydrogen) atoms. The maximum atomic E-state index is 12.4. The maximum absolute atomic E-state index is 12.4. The summed E-state index contributed by atoms with van der Waals surface area (Å²) in [6.45, 7) is 8.53. The number of carbonyl (C=O) groups is 2. The fourth-order valence-corrected chi connectivity index (χ4v) is 2.85. The topological polar surface area (TPSA) is 64.7 Å². The second-order valence-corrected chi connectivity index (χ2v) is 5.43. The van der Waals surface area contributed by atoms with E-state index in [1.165, 1.54) is 6.92 Å². The lowest BCUT2D eigenvalue weighted by atomic mass is 10.2. The molecule has 2 rings (SSSR count). The van der Waals surface area contributed by atoms with Crippen molar-refractivity contribution in [3.8, 4) is 0 Å². The van der Waals surface area contributed by atoms with Crippen molar-refractivity contribution < 1.29 is 9.59 Å². The summed E-state index contributed by atoms with van der Waals surface area (Å²) in [6, 6.07) is 0.104. The number of piperazine rings is 1. The van der Waals surface area contributed by atoms with Gasteiger partial charge in [-0.15, -0.1) is 0 Å². The van der Waals surface area contributed by atoms with E-state index >= 15 is 0 Å². The molecular weight excluding hydrogens is 244 g/mol. The molecule has 0 bridgehead atoms. The Morgan fingerprint density at radius 2 is 1.95 bits per heavy atom. The molecule has 2 unspecified atom stereocenters. The largest absolute Gasteiger partial charge is 0.352 e. The van der Waals surface area contributed by atoms with Crippen LogP contribution in [0, 0.1) is 0 Å². The molecule has 2 fully saturated rings. The highest BCUT2D eigenvalue weighted by Crippen LogP contribution is 2.14. The number of hydrogen-bond acceptors (Lipinski definition) is 4. The van der Waals surface area contributed by atoms with E-state index in [-0.39, 0.29) is 23.9 Å².